The molecule has 3 aromatic rings. The van der Waals surface area contributed by atoms with Gasteiger partial charge in [0.25, 0.3) is 0 Å². The van der Waals surface area contributed by atoms with Crippen LogP contribution in [0.3, 0.4) is 0 Å². The van der Waals surface area contributed by atoms with Gasteiger partial charge in [-0.05, 0) is 69.7 Å². The molecular weight excluding hydrogens is 446 g/mol. The number of rotatable bonds is 4. The third-order valence-electron chi connectivity index (χ3n) is 6.39. The number of benzene rings is 1. The molecule has 5 rings (SSSR count). The number of nitrogens with zero attached hydrogens (tertiary/aromatic N) is 5. The Morgan fingerprint density at radius 2 is 1.83 bits per heavy atom. The van der Waals surface area contributed by atoms with E-state index in [0.717, 1.165) is 29.8 Å². The fourth-order valence-electron chi connectivity index (χ4n) is 4.89. The first-order chi connectivity index (χ1) is 16.7. The Balaban J connectivity index is 1.17. The molecule has 9 nitrogen and oxygen atoms in total. The largest absolute Gasteiger partial charge is 0.490 e. The van der Waals surface area contributed by atoms with Gasteiger partial charge >= 0.3 is 12.0 Å². The number of fused-ring (bicyclic) bond motifs is 1. The minimum atomic E-state index is -0.618. The highest BCUT2D eigenvalue weighted by atomic mass is 16.6. The van der Waals surface area contributed by atoms with Gasteiger partial charge in [-0.15, -0.1) is 0 Å². The molecule has 182 valence electrons. The Morgan fingerprint density at radius 3 is 2.51 bits per heavy atom. The standard InChI is InChI=1S/C26H29N5O4/c1-26(2,3)35-24(32)23-8-10-31(29-23)25(33)30-14-18-12-21(13-19(18)15-30)34-20-6-4-5-17(11-20)22-7-9-27-16-28-22/h4-11,16,18-19,21H,12-15H2,1-3H3/t18-,19+,21?. The molecule has 0 spiro atoms. The van der Waals surface area contributed by atoms with Crippen LogP contribution in [0.5, 0.6) is 5.75 Å². The van der Waals surface area contributed by atoms with Crippen molar-refractivity contribution in [1.29, 1.82) is 0 Å². The Hall–Kier alpha value is -3.75. The van der Waals surface area contributed by atoms with Crippen LogP contribution in [0.25, 0.3) is 11.3 Å². The van der Waals surface area contributed by atoms with E-state index >= 15 is 0 Å². The smallest absolute Gasteiger partial charge is 0.359 e. The maximum Gasteiger partial charge on any atom is 0.359 e. The van der Waals surface area contributed by atoms with Gasteiger partial charge in [0.2, 0.25) is 0 Å². The second kappa shape index (κ2) is 9.13. The number of ether oxygens (including phenoxy) is 2. The molecule has 1 amide bonds. The number of likely N-dealkylation sites (tertiary alicyclic amines) is 1. The lowest BCUT2D eigenvalue weighted by atomic mass is 10.0. The van der Waals surface area contributed by atoms with Crippen molar-refractivity contribution in [1.82, 2.24) is 24.6 Å². The van der Waals surface area contributed by atoms with Gasteiger partial charge in [0.1, 0.15) is 17.7 Å². The molecular formula is C26H29N5O4. The summed E-state index contributed by atoms with van der Waals surface area (Å²) in [6, 6.07) is 11.1. The van der Waals surface area contributed by atoms with E-state index in [2.05, 4.69) is 15.1 Å². The summed E-state index contributed by atoms with van der Waals surface area (Å²) in [7, 11) is 0. The molecule has 9 heteroatoms. The molecule has 1 aliphatic carbocycles. The molecule has 2 aromatic heterocycles. The normalized spacial score (nSPS) is 21.6. The van der Waals surface area contributed by atoms with Gasteiger partial charge in [-0.3, -0.25) is 0 Å². The monoisotopic (exact) mass is 475 g/mol. The van der Waals surface area contributed by atoms with E-state index < -0.39 is 11.6 Å². The van der Waals surface area contributed by atoms with Gasteiger partial charge < -0.3 is 14.4 Å². The first kappa shape index (κ1) is 23.0. The molecule has 3 heterocycles. The predicted molar refractivity (Wildman–Crippen MR) is 128 cm³/mol. The topological polar surface area (TPSA) is 99.4 Å². The summed E-state index contributed by atoms with van der Waals surface area (Å²) in [6.07, 6.45) is 6.69. The van der Waals surface area contributed by atoms with Crippen molar-refractivity contribution in [2.75, 3.05) is 13.1 Å². The minimum Gasteiger partial charge on any atom is -0.490 e. The zero-order valence-corrected chi connectivity index (χ0v) is 20.1. The van der Waals surface area contributed by atoms with Crippen molar-refractivity contribution in [3.8, 4) is 17.0 Å². The van der Waals surface area contributed by atoms with E-state index in [4.69, 9.17) is 9.47 Å². The highest BCUT2D eigenvalue weighted by molar-refractivity contribution is 5.88. The molecule has 1 saturated carbocycles. The molecule has 0 N–H and O–H groups in total. The van der Waals surface area contributed by atoms with Crippen LogP contribution in [0, 0.1) is 11.8 Å². The van der Waals surface area contributed by atoms with Gasteiger partial charge in [0.15, 0.2) is 5.69 Å². The van der Waals surface area contributed by atoms with Gasteiger partial charge in [0, 0.05) is 31.0 Å². The number of hydrogen-bond donors (Lipinski definition) is 0. The van der Waals surface area contributed by atoms with Crippen molar-refractivity contribution in [3.05, 3.63) is 60.8 Å². The Morgan fingerprint density at radius 1 is 1.06 bits per heavy atom. The van der Waals surface area contributed by atoms with Crippen LogP contribution in [0.1, 0.15) is 44.1 Å². The van der Waals surface area contributed by atoms with Crippen LogP contribution in [0.15, 0.2) is 55.1 Å². The van der Waals surface area contributed by atoms with Crippen LogP contribution in [0.4, 0.5) is 4.79 Å². The molecule has 3 atom stereocenters. The molecule has 0 radical (unpaired) electrons. The maximum atomic E-state index is 13.0. The lowest BCUT2D eigenvalue weighted by Crippen LogP contribution is -2.35. The fourth-order valence-corrected chi connectivity index (χ4v) is 4.89. The van der Waals surface area contributed by atoms with Crippen molar-refractivity contribution in [3.63, 3.8) is 0 Å². The van der Waals surface area contributed by atoms with E-state index in [-0.39, 0.29) is 17.8 Å². The van der Waals surface area contributed by atoms with E-state index in [1.54, 1.807) is 27.0 Å². The summed E-state index contributed by atoms with van der Waals surface area (Å²) in [5, 5.41) is 4.15. The molecule has 1 aliphatic heterocycles. The molecule has 1 saturated heterocycles. The quantitative estimate of drug-likeness (QED) is 0.525. The molecule has 2 aliphatic rings. The Labute approximate surface area is 204 Å². The molecule has 0 bridgehead atoms. The van der Waals surface area contributed by atoms with Gasteiger partial charge in [-0.25, -0.2) is 19.6 Å². The van der Waals surface area contributed by atoms with Gasteiger partial charge in [0.05, 0.1) is 11.8 Å². The van der Waals surface area contributed by atoms with Crippen molar-refractivity contribution >= 4 is 12.0 Å². The van der Waals surface area contributed by atoms with E-state index in [1.807, 2.05) is 35.2 Å². The first-order valence-electron chi connectivity index (χ1n) is 11.9. The summed E-state index contributed by atoms with van der Waals surface area (Å²) in [5.74, 6) is 1.06. The Kier molecular flexibility index (Phi) is 6.00. The summed E-state index contributed by atoms with van der Waals surface area (Å²) in [5.41, 5.74) is 1.36. The van der Waals surface area contributed by atoms with Crippen LogP contribution >= 0.6 is 0 Å². The third kappa shape index (κ3) is 5.18. The summed E-state index contributed by atoms with van der Waals surface area (Å²) < 4.78 is 12.9. The summed E-state index contributed by atoms with van der Waals surface area (Å²) in [6.45, 7) is 6.70. The van der Waals surface area contributed by atoms with Crippen molar-refractivity contribution in [2.24, 2.45) is 11.8 Å². The average molecular weight is 476 g/mol. The number of carbonyl (C=O) groups excluding carboxylic acids is 2. The maximum absolute atomic E-state index is 13.0. The lowest BCUT2D eigenvalue weighted by molar-refractivity contribution is 0.00623. The van der Waals surface area contributed by atoms with Crippen LogP contribution in [0.2, 0.25) is 0 Å². The van der Waals surface area contributed by atoms with Gasteiger partial charge in [-0.2, -0.15) is 9.78 Å². The fraction of sp³-hybridized carbons (Fsp3) is 0.423. The Bertz CT molecular complexity index is 1210. The van der Waals surface area contributed by atoms with E-state index in [0.29, 0.717) is 24.9 Å². The third-order valence-corrected chi connectivity index (χ3v) is 6.39. The number of amides is 1. The average Bonchev–Trinajstić information content (AvgIpc) is 3.54. The first-order valence-corrected chi connectivity index (χ1v) is 11.9. The predicted octanol–water partition coefficient (Wildman–Crippen LogP) is 4.05. The molecule has 2 fully saturated rings. The molecule has 1 unspecified atom stereocenters. The van der Waals surface area contributed by atoms with E-state index in [9.17, 15) is 9.59 Å². The summed E-state index contributed by atoms with van der Waals surface area (Å²) >= 11 is 0. The van der Waals surface area contributed by atoms with Crippen molar-refractivity contribution in [2.45, 2.75) is 45.3 Å². The number of carbonyl (C=O) groups is 2. The second-order valence-electron chi connectivity index (χ2n) is 10.2. The van der Waals surface area contributed by atoms with E-state index in [1.165, 1.54) is 23.3 Å². The van der Waals surface area contributed by atoms with Crippen LogP contribution in [-0.2, 0) is 4.74 Å². The molecule has 1 aromatic carbocycles. The van der Waals surface area contributed by atoms with Gasteiger partial charge in [-0.1, -0.05) is 12.1 Å². The number of esters is 1. The highest BCUT2D eigenvalue weighted by Gasteiger charge is 2.43. The number of aromatic nitrogens is 4. The molecule has 35 heavy (non-hydrogen) atoms. The van der Waals surface area contributed by atoms with Crippen LogP contribution in [-0.4, -0.2) is 61.4 Å². The zero-order valence-electron chi connectivity index (χ0n) is 20.1. The summed E-state index contributed by atoms with van der Waals surface area (Å²) in [4.78, 5) is 35.3. The zero-order chi connectivity index (χ0) is 24.6. The minimum absolute atomic E-state index is 0.117. The van der Waals surface area contributed by atoms with Crippen LogP contribution < -0.4 is 4.74 Å². The van der Waals surface area contributed by atoms with Crippen molar-refractivity contribution < 1.29 is 19.1 Å². The number of hydrogen-bond acceptors (Lipinski definition) is 7. The lowest BCUT2D eigenvalue weighted by Gasteiger charge is -2.20. The SMILES string of the molecule is CC(C)(C)OC(=O)c1ccn(C(=O)N2C[C@H]3CC(Oc4cccc(-c5ccncn5)c4)C[C@H]3C2)n1. The highest BCUT2D eigenvalue weighted by Crippen LogP contribution is 2.40. The second-order valence-corrected chi connectivity index (χ2v) is 10.2.